The molecule has 4 atom stereocenters. The van der Waals surface area contributed by atoms with E-state index in [0.29, 0.717) is 16.7 Å². The van der Waals surface area contributed by atoms with Crippen LogP contribution in [-0.2, 0) is 0 Å². The van der Waals surface area contributed by atoms with Crippen LogP contribution in [-0.4, -0.2) is 10.8 Å². The van der Waals surface area contributed by atoms with Crippen LogP contribution < -0.4 is 0 Å². The van der Waals surface area contributed by atoms with Crippen molar-refractivity contribution in [1.82, 2.24) is 0 Å². The van der Waals surface area contributed by atoms with Gasteiger partial charge >= 0.3 is 0 Å². The molecule has 0 spiro atoms. The van der Waals surface area contributed by atoms with E-state index in [2.05, 4.69) is 0 Å². The van der Waals surface area contributed by atoms with Gasteiger partial charge in [-0.3, -0.25) is 0 Å². The van der Waals surface area contributed by atoms with E-state index >= 15 is 0 Å². The Morgan fingerprint density at radius 3 is 1.56 bits per heavy atom. The van der Waals surface area contributed by atoms with Gasteiger partial charge in [0.05, 0.1) is 0 Å². The van der Waals surface area contributed by atoms with Crippen molar-refractivity contribution in [2.75, 3.05) is 0 Å². The van der Waals surface area contributed by atoms with Crippen LogP contribution in [0.1, 0.15) is 6.42 Å². The molecule has 4 rings (SSSR count). The summed E-state index contributed by atoms with van der Waals surface area (Å²) in [5.74, 6) is 3.28. The van der Waals surface area contributed by atoms with Gasteiger partial charge in [0, 0.05) is 10.8 Å². The summed E-state index contributed by atoms with van der Waals surface area (Å²) in [5, 5.41) is 0.894. The van der Waals surface area contributed by atoms with E-state index < -0.39 is 0 Å². The standard InChI is InChI=1S/C7H8Cl2/c8-6-3-1-2-4(6)5(2)7(3)9/h2-7H,1H2. The Hall–Kier alpha value is 0.580. The Bertz CT molecular complexity index is 148. The molecule has 0 amide bonds. The Morgan fingerprint density at radius 1 is 0.889 bits per heavy atom. The van der Waals surface area contributed by atoms with Crippen LogP contribution in [0.3, 0.4) is 0 Å². The minimum absolute atomic E-state index is 0.447. The first-order valence-electron chi connectivity index (χ1n) is 3.59. The lowest BCUT2D eigenvalue weighted by Gasteiger charge is -2.07. The second-order valence-electron chi connectivity index (χ2n) is 3.61. The van der Waals surface area contributed by atoms with E-state index in [-0.39, 0.29) is 0 Å². The van der Waals surface area contributed by atoms with Gasteiger partial charge in [-0.15, -0.1) is 23.2 Å². The van der Waals surface area contributed by atoms with E-state index in [1.165, 1.54) is 6.42 Å². The molecule has 0 aromatic heterocycles. The van der Waals surface area contributed by atoms with Crippen LogP contribution in [0.5, 0.6) is 0 Å². The Kier molecular flexibility index (Phi) is 0.751. The molecule has 0 aliphatic heterocycles. The minimum Gasteiger partial charge on any atom is -0.122 e. The first-order valence-corrected chi connectivity index (χ1v) is 4.46. The first-order chi connectivity index (χ1) is 4.30. The smallest absolute Gasteiger partial charge is 0.0412 e. The molecule has 4 fully saturated rings. The zero-order chi connectivity index (χ0) is 6.17. The van der Waals surface area contributed by atoms with Crippen molar-refractivity contribution in [3.63, 3.8) is 0 Å². The highest BCUT2D eigenvalue weighted by Crippen LogP contribution is 2.73. The Labute approximate surface area is 64.5 Å². The molecule has 50 valence electrons. The second-order valence-corrected chi connectivity index (χ2v) is 4.61. The zero-order valence-corrected chi connectivity index (χ0v) is 6.44. The molecule has 0 nitrogen and oxygen atoms in total. The van der Waals surface area contributed by atoms with Crippen molar-refractivity contribution in [2.45, 2.75) is 17.2 Å². The van der Waals surface area contributed by atoms with Crippen LogP contribution in [0, 0.1) is 23.7 Å². The van der Waals surface area contributed by atoms with Crippen LogP contribution in [0.4, 0.5) is 0 Å². The molecular weight excluding hydrogens is 155 g/mol. The third-order valence-corrected chi connectivity index (χ3v) is 4.62. The lowest BCUT2D eigenvalue weighted by molar-refractivity contribution is 0.616. The topological polar surface area (TPSA) is 0 Å². The Morgan fingerprint density at radius 2 is 1.44 bits per heavy atom. The second kappa shape index (κ2) is 1.29. The Balaban J connectivity index is 2.07. The van der Waals surface area contributed by atoms with Crippen LogP contribution in [0.2, 0.25) is 0 Å². The normalized spacial score (nSPS) is 75.3. The zero-order valence-electron chi connectivity index (χ0n) is 4.93. The van der Waals surface area contributed by atoms with Crippen molar-refractivity contribution in [3.8, 4) is 0 Å². The van der Waals surface area contributed by atoms with Crippen LogP contribution >= 0.6 is 23.2 Å². The highest BCUT2D eigenvalue weighted by atomic mass is 35.5. The van der Waals surface area contributed by atoms with Gasteiger partial charge in [-0.05, 0) is 30.1 Å². The van der Waals surface area contributed by atoms with Gasteiger partial charge in [-0.25, -0.2) is 0 Å². The predicted molar refractivity (Wildman–Crippen MR) is 37.9 cm³/mol. The average Bonchev–Trinajstić information content (AvgIpc) is 2.18. The lowest BCUT2D eigenvalue weighted by atomic mass is 10.1. The largest absolute Gasteiger partial charge is 0.122 e. The molecule has 0 N–H and O–H groups in total. The number of alkyl halides is 2. The minimum atomic E-state index is 0.447. The maximum Gasteiger partial charge on any atom is 0.0412 e. The average molecular weight is 163 g/mol. The fraction of sp³-hybridized carbons (Fsp3) is 1.00. The summed E-state index contributed by atoms with van der Waals surface area (Å²) in [6.45, 7) is 0. The third-order valence-electron chi connectivity index (χ3n) is 3.39. The van der Waals surface area contributed by atoms with Crippen LogP contribution in [0.25, 0.3) is 0 Å². The number of halogens is 2. The molecular formula is C7H8Cl2. The summed E-state index contributed by atoms with van der Waals surface area (Å²) < 4.78 is 0. The van der Waals surface area contributed by atoms with Crippen molar-refractivity contribution >= 4 is 23.2 Å². The van der Waals surface area contributed by atoms with E-state index in [9.17, 15) is 0 Å². The maximum atomic E-state index is 6.11. The van der Waals surface area contributed by atoms with Gasteiger partial charge in [0.25, 0.3) is 0 Å². The molecule has 4 saturated carbocycles. The molecule has 0 saturated heterocycles. The molecule has 4 bridgehead atoms. The molecule has 2 heteroatoms. The molecule has 9 heavy (non-hydrogen) atoms. The summed E-state index contributed by atoms with van der Waals surface area (Å²) in [5.41, 5.74) is 0. The molecule has 4 aliphatic carbocycles. The molecule has 4 aliphatic rings. The molecule has 4 unspecified atom stereocenters. The van der Waals surface area contributed by atoms with Gasteiger partial charge < -0.3 is 0 Å². The number of rotatable bonds is 0. The molecule has 0 aromatic carbocycles. The van der Waals surface area contributed by atoms with Crippen LogP contribution in [0.15, 0.2) is 0 Å². The van der Waals surface area contributed by atoms with Crippen molar-refractivity contribution < 1.29 is 0 Å². The van der Waals surface area contributed by atoms with E-state index in [1.807, 2.05) is 0 Å². The maximum absolute atomic E-state index is 6.11. The summed E-state index contributed by atoms with van der Waals surface area (Å²) in [7, 11) is 0. The van der Waals surface area contributed by atoms with Gasteiger partial charge in [0.15, 0.2) is 0 Å². The molecule has 0 radical (unpaired) electrons. The van der Waals surface area contributed by atoms with E-state index in [0.717, 1.165) is 17.8 Å². The number of hydrogen-bond donors (Lipinski definition) is 0. The highest BCUT2D eigenvalue weighted by Gasteiger charge is 2.72. The van der Waals surface area contributed by atoms with Gasteiger partial charge in [-0.1, -0.05) is 0 Å². The summed E-state index contributed by atoms with van der Waals surface area (Å²) in [6, 6.07) is 0. The van der Waals surface area contributed by atoms with E-state index in [4.69, 9.17) is 23.2 Å². The SMILES string of the molecule is ClC1C2CC3C1C3C2Cl. The van der Waals surface area contributed by atoms with Crippen molar-refractivity contribution in [2.24, 2.45) is 23.7 Å². The van der Waals surface area contributed by atoms with Crippen molar-refractivity contribution in [3.05, 3.63) is 0 Å². The van der Waals surface area contributed by atoms with Gasteiger partial charge in [-0.2, -0.15) is 0 Å². The quantitative estimate of drug-likeness (QED) is 0.479. The predicted octanol–water partition coefficient (Wildman–Crippen LogP) is 2.10. The van der Waals surface area contributed by atoms with Gasteiger partial charge in [0.2, 0.25) is 0 Å². The fourth-order valence-corrected chi connectivity index (χ4v) is 4.26. The lowest BCUT2D eigenvalue weighted by Crippen LogP contribution is -2.10. The van der Waals surface area contributed by atoms with Gasteiger partial charge in [0.1, 0.15) is 0 Å². The summed E-state index contributed by atoms with van der Waals surface area (Å²) >= 11 is 12.2. The fourth-order valence-electron chi connectivity index (χ4n) is 2.96. The molecule has 0 aromatic rings. The summed E-state index contributed by atoms with van der Waals surface area (Å²) in [6.07, 6.45) is 1.33. The first kappa shape index (κ1) is 5.26. The highest BCUT2D eigenvalue weighted by molar-refractivity contribution is 6.26. The summed E-state index contributed by atoms with van der Waals surface area (Å²) in [4.78, 5) is 0. The monoisotopic (exact) mass is 162 g/mol. The third kappa shape index (κ3) is 0.397. The molecule has 0 heterocycles. The number of hydrogen-bond acceptors (Lipinski definition) is 0. The van der Waals surface area contributed by atoms with E-state index in [1.54, 1.807) is 0 Å². The van der Waals surface area contributed by atoms with Crippen molar-refractivity contribution in [1.29, 1.82) is 0 Å².